The fourth-order valence-electron chi connectivity index (χ4n) is 9.30. The summed E-state index contributed by atoms with van der Waals surface area (Å²) in [5.41, 5.74) is -0.0529. The van der Waals surface area contributed by atoms with Gasteiger partial charge in [-0.3, -0.25) is 19.2 Å². The van der Waals surface area contributed by atoms with E-state index in [1.54, 1.807) is 7.05 Å². The molecule has 0 saturated carbocycles. The zero-order valence-corrected chi connectivity index (χ0v) is 43.5. The fraction of sp³-hybridized carbons (Fsp3) is 0.893. The highest BCUT2D eigenvalue weighted by molar-refractivity contribution is 5.73. The molecule has 0 aliphatic rings. The Labute approximate surface area is 400 Å². The Kier molecular flexibility index (Phi) is 41.1. The molecule has 1 aromatic carbocycles. The fourth-order valence-corrected chi connectivity index (χ4v) is 9.30. The Morgan fingerprint density at radius 3 is 1.37 bits per heavy atom. The van der Waals surface area contributed by atoms with Gasteiger partial charge in [0, 0.05) is 26.4 Å². The van der Waals surface area contributed by atoms with Gasteiger partial charge in [-0.15, -0.1) is 0 Å². The summed E-state index contributed by atoms with van der Waals surface area (Å²) in [4.78, 5) is 51.8. The molecule has 1 aromatic rings. The van der Waals surface area contributed by atoms with Crippen LogP contribution in [0.5, 0.6) is 0 Å². The second-order valence-corrected chi connectivity index (χ2v) is 19.6. The third-order valence-corrected chi connectivity index (χ3v) is 13.6. The van der Waals surface area contributed by atoms with Gasteiger partial charge in [0.05, 0.1) is 6.61 Å². The van der Waals surface area contributed by atoms with Gasteiger partial charge in [-0.05, 0) is 89.8 Å². The standard InChI is InChI=1S/C56H105N3O6/c1-6-10-14-18-22-30-39-50(40-31-23-19-15-11-7-2)65-52(61)42-33-25-21-27-35-46-59(47-36-44-58-54-53(57-5)55(62)56(54)63)45-34-26-20-24-32-41-51(60)64-48-43-49(37-28-16-12-8-3)38-29-17-13-9-4/h49-50,57-58H,6-48H2,1-5H3. The first kappa shape index (κ1) is 60.6. The quantitative estimate of drug-likeness (QED) is 0.0375. The van der Waals surface area contributed by atoms with Gasteiger partial charge in [0.2, 0.25) is 0 Å². The summed E-state index contributed by atoms with van der Waals surface area (Å²) in [5, 5.41) is 6.04. The molecule has 9 nitrogen and oxygen atoms in total. The van der Waals surface area contributed by atoms with E-state index < -0.39 is 10.9 Å². The molecule has 0 aliphatic carbocycles. The lowest BCUT2D eigenvalue weighted by Crippen LogP contribution is -2.37. The lowest BCUT2D eigenvalue weighted by Gasteiger charge is -2.23. The molecule has 0 unspecified atom stereocenters. The smallest absolute Gasteiger partial charge is 0.306 e. The highest BCUT2D eigenvalue weighted by atomic mass is 16.5. The average molecular weight is 916 g/mol. The van der Waals surface area contributed by atoms with Crippen LogP contribution in [-0.2, 0) is 19.1 Å². The first-order valence-corrected chi connectivity index (χ1v) is 28.1. The Bertz CT molecular complexity index is 1280. The van der Waals surface area contributed by atoms with Gasteiger partial charge in [-0.1, -0.05) is 195 Å². The number of nitrogens with zero attached hydrogens (tertiary/aromatic N) is 1. The van der Waals surface area contributed by atoms with Crippen LogP contribution in [0.3, 0.4) is 0 Å². The number of anilines is 2. The molecule has 0 atom stereocenters. The number of unbranched alkanes of at least 4 members (excludes halogenated alkanes) is 24. The predicted octanol–water partition coefficient (Wildman–Crippen LogP) is 15.0. The lowest BCUT2D eigenvalue weighted by molar-refractivity contribution is -0.150. The van der Waals surface area contributed by atoms with E-state index in [0.29, 0.717) is 43.3 Å². The van der Waals surface area contributed by atoms with Crippen molar-refractivity contribution in [2.75, 3.05) is 50.5 Å². The van der Waals surface area contributed by atoms with Gasteiger partial charge in [-0.2, -0.15) is 0 Å². The van der Waals surface area contributed by atoms with Crippen LogP contribution in [0.2, 0.25) is 0 Å². The van der Waals surface area contributed by atoms with Crippen molar-refractivity contribution in [2.45, 2.75) is 278 Å². The maximum atomic E-state index is 12.9. The summed E-state index contributed by atoms with van der Waals surface area (Å²) in [6, 6.07) is 0. The first-order chi connectivity index (χ1) is 31.8. The number of hydrogen-bond donors (Lipinski definition) is 2. The molecule has 1 rings (SSSR count). The third kappa shape index (κ3) is 33.7. The summed E-state index contributed by atoms with van der Waals surface area (Å²) in [6.45, 7) is 13.3. The molecule has 0 spiro atoms. The van der Waals surface area contributed by atoms with Gasteiger partial charge in [0.15, 0.2) is 0 Å². The summed E-state index contributed by atoms with van der Waals surface area (Å²) in [7, 11) is 1.68. The molecule has 0 saturated heterocycles. The molecule has 0 radical (unpaired) electrons. The van der Waals surface area contributed by atoms with Crippen molar-refractivity contribution in [1.29, 1.82) is 0 Å². The molecule has 0 bridgehead atoms. The molecular weight excluding hydrogens is 811 g/mol. The normalized spacial score (nSPS) is 11.7. The van der Waals surface area contributed by atoms with Crippen molar-refractivity contribution < 1.29 is 19.1 Å². The minimum absolute atomic E-state index is 0.00227. The van der Waals surface area contributed by atoms with Crippen LogP contribution in [0.1, 0.15) is 272 Å². The van der Waals surface area contributed by atoms with Gasteiger partial charge >= 0.3 is 11.9 Å². The summed E-state index contributed by atoms with van der Waals surface area (Å²) in [5.74, 6) is 0.655. The summed E-state index contributed by atoms with van der Waals surface area (Å²) >= 11 is 0. The lowest BCUT2D eigenvalue weighted by atomic mass is 9.92. The Morgan fingerprint density at radius 1 is 0.462 bits per heavy atom. The van der Waals surface area contributed by atoms with Crippen LogP contribution in [0, 0.1) is 5.92 Å². The number of rotatable bonds is 50. The molecule has 0 heterocycles. The van der Waals surface area contributed by atoms with Gasteiger partial charge in [0.25, 0.3) is 10.9 Å². The zero-order chi connectivity index (χ0) is 47.4. The van der Waals surface area contributed by atoms with Gasteiger partial charge in [-0.25, -0.2) is 0 Å². The second-order valence-electron chi connectivity index (χ2n) is 19.6. The van der Waals surface area contributed by atoms with Crippen molar-refractivity contribution in [1.82, 2.24) is 4.90 Å². The molecule has 0 aromatic heterocycles. The second kappa shape index (κ2) is 44.1. The Morgan fingerprint density at radius 2 is 0.862 bits per heavy atom. The molecule has 0 fully saturated rings. The Hall–Kier alpha value is -2.42. The van der Waals surface area contributed by atoms with Crippen LogP contribution in [0.25, 0.3) is 0 Å². The number of hydrogen-bond acceptors (Lipinski definition) is 9. The molecule has 0 aliphatic heterocycles. The topological polar surface area (TPSA) is 114 Å². The minimum Gasteiger partial charge on any atom is -0.466 e. The van der Waals surface area contributed by atoms with Crippen molar-refractivity contribution in [3.05, 3.63) is 20.4 Å². The number of carbonyl (C=O) groups is 2. The van der Waals surface area contributed by atoms with E-state index in [2.05, 4.69) is 43.2 Å². The van der Waals surface area contributed by atoms with Crippen molar-refractivity contribution in [3.8, 4) is 0 Å². The van der Waals surface area contributed by atoms with Gasteiger partial charge < -0.3 is 25.0 Å². The number of carbonyl (C=O) groups excluding carboxylic acids is 2. The van der Waals surface area contributed by atoms with Crippen LogP contribution >= 0.6 is 0 Å². The number of ether oxygens (including phenoxy) is 2. The van der Waals surface area contributed by atoms with E-state index in [1.807, 2.05) is 0 Å². The first-order valence-electron chi connectivity index (χ1n) is 28.1. The molecule has 9 heteroatoms. The molecule has 380 valence electrons. The average Bonchev–Trinajstić information content (AvgIpc) is 3.30. The van der Waals surface area contributed by atoms with E-state index >= 15 is 0 Å². The van der Waals surface area contributed by atoms with Crippen LogP contribution in [-0.4, -0.2) is 62.8 Å². The number of nitrogens with one attached hydrogen (secondary N) is 2. The van der Waals surface area contributed by atoms with Crippen molar-refractivity contribution in [3.63, 3.8) is 0 Å². The molecule has 0 amide bonds. The van der Waals surface area contributed by atoms with Crippen LogP contribution < -0.4 is 21.5 Å². The summed E-state index contributed by atoms with van der Waals surface area (Å²) < 4.78 is 11.8. The Balaban J connectivity index is 2.42. The van der Waals surface area contributed by atoms with Gasteiger partial charge in [0.1, 0.15) is 17.5 Å². The highest BCUT2D eigenvalue weighted by Gasteiger charge is 2.19. The maximum Gasteiger partial charge on any atom is 0.306 e. The largest absolute Gasteiger partial charge is 0.466 e. The van der Waals surface area contributed by atoms with E-state index in [1.165, 1.54) is 128 Å². The molecular formula is C56H105N3O6. The van der Waals surface area contributed by atoms with Crippen LogP contribution in [0.15, 0.2) is 9.59 Å². The predicted molar refractivity (Wildman–Crippen MR) is 278 cm³/mol. The maximum absolute atomic E-state index is 12.9. The van der Waals surface area contributed by atoms with Crippen LogP contribution in [0.4, 0.5) is 11.4 Å². The van der Waals surface area contributed by atoms with E-state index in [4.69, 9.17) is 9.47 Å². The van der Waals surface area contributed by atoms with Crippen molar-refractivity contribution >= 4 is 23.3 Å². The molecule has 65 heavy (non-hydrogen) atoms. The minimum atomic E-state index is -0.438. The summed E-state index contributed by atoms with van der Waals surface area (Å²) in [6.07, 6.45) is 44.0. The third-order valence-electron chi connectivity index (χ3n) is 13.6. The number of esters is 2. The SMILES string of the molecule is CCCCCCCCC(CCCCCCCC)OC(=O)CCCCCCCN(CCCCCCCC(=O)OCCC(CCCCCC)CCCCCC)CCCNc1c(NC)c(=O)c1=O. The van der Waals surface area contributed by atoms with E-state index in [0.717, 1.165) is 122 Å². The van der Waals surface area contributed by atoms with E-state index in [9.17, 15) is 19.2 Å². The zero-order valence-electron chi connectivity index (χ0n) is 43.5. The van der Waals surface area contributed by atoms with E-state index in [-0.39, 0.29) is 18.0 Å². The monoisotopic (exact) mass is 916 g/mol. The molecule has 2 N–H and O–H groups in total. The van der Waals surface area contributed by atoms with Crippen molar-refractivity contribution in [2.24, 2.45) is 5.92 Å². The highest BCUT2D eigenvalue weighted by Crippen LogP contribution is 2.23.